The van der Waals surface area contributed by atoms with Gasteiger partial charge in [0, 0.05) is 5.02 Å². The van der Waals surface area contributed by atoms with Crippen molar-refractivity contribution in [2.75, 3.05) is 6.61 Å². The highest BCUT2D eigenvalue weighted by molar-refractivity contribution is 6.31. The average molecular weight is 199 g/mol. The predicted octanol–water partition coefficient (Wildman–Crippen LogP) is 2.83. The van der Waals surface area contributed by atoms with Crippen LogP contribution < -0.4 is 0 Å². The van der Waals surface area contributed by atoms with E-state index in [2.05, 4.69) is 0 Å². The molecule has 0 N–H and O–H groups in total. The zero-order valence-electron chi connectivity index (χ0n) is 7.63. The number of halogens is 1. The van der Waals surface area contributed by atoms with Gasteiger partial charge < -0.3 is 4.74 Å². The van der Waals surface area contributed by atoms with Crippen LogP contribution in [-0.4, -0.2) is 12.6 Å². The first-order chi connectivity index (χ1) is 6.15. The van der Waals surface area contributed by atoms with Crippen LogP contribution >= 0.6 is 11.6 Å². The highest BCUT2D eigenvalue weighted by Crippen LogP contribution is 2.16. The Morgan fingerprint density at radius 2 is 2.23 bits per heavy atom. The summed E-state index contributed by atoms with van der Waals surface area (Å²) in [5.74, 6) is -0.317. The molecule has 0 aliphatic heterocycles. The Bertz CT molecular complexity index is 321. The van der Waals surface area contributed by atoms with E-state index < -0.39 is 0 Å². The van der Waals surface area contributed by atoms with E-state index >= 15 is 0 Å². The fraction of sp³-hybridized carbons (Fsp3) is 0.300. The molecule has 0 radical (unpaired) electrons. The number of aryl methyl sites for hydroxylation is 1. The van der Waals surface area contributed by atoms with Gasteiger partial charge in [-0.1, -0.05) is 17.7 Å². The van der Waals surface area contributed by atoms with Crippen molar-refractivity contribution in [1.82, 2.24) is 0 Å². The largest absolute Gasteiger partial charge is 0.462 e. The van der Waals surface area contributed by atoms with Crippen molar-refractivity contribution in [3.05, 3.63) is 34.3 Å². The molecule has 0 spiro atoms. The maximum absolute atomic E-state index is 11.3. The molecule has 70 valence electrons. The van der Waals surface area contributed by atoms with E-state index in [1.807, 2.05) is 6.92 Å². The molecular weight excluding hydrogens is 188 g/mol. The van der Waals surface area contributed by atoms with Gasteiger partial charge in [0.1, 0.15) is 0 Å². The fourth-order valence-corrected chi connectivity index (χ4v) is 1.20. The van der Waals surface area contributed by atoms with Crippen LogP contribution in [0.5, 0.6) is 0 Å². The summed E-state index contributed by atoms with van der Waals surface area (Å²) in [7, 11) is 0. The van der Waals surface area contributed by atoms with E-state index in [9.17, 15) is 4.79 Å². The molecule has 0 unspecified atom stereocenters. The molecular formula is C10H11ClO2. The SMILES string of the molecule is CCOC(=O)c1cc(Cl)ccc1C. The Kier molecular flexibility index (Phi) is 3.32. The third-order valence-electron chi connectivity index (χ3n) is 1.69. The van der Waals surface area contributed by atoms with E-state index in [0.717, 1.165) is 5.56 Å². The molecule has 0 bridgehead atoms. The van der Waals surface area contributed by atoms with Crippen molar-refractivity contribution in [3.8, 4) is 0 Å². The standard InChI is InChI=1S/C10H11ClO2/c1-3-13-10(12)9-6-8(11)5-4-7(9)2/h4-6H,3H2,1-2H3. The van der Waals surface area contributed by atoms with Crippen LogP contribution in [0, 0.1) is 6.92 Å². The number of carbonyl (C=O) groups excluding carboxylic acids is 1. The molecule has 1 rings (SSSR count). The summed E-state index contributed by atoms with van der Waals surface area (Å²) in [5, 5.41) is 0.550. The summed E-state index contributed by atoms with van der Waals surface area (Å²) >= 11 is 5.75. The number of rotatable bonds is 2. The monoisotopic (exact) mass is 198 g/mol. The van der Waals surface area contributed by atoms with Crippen molar-refractivity contribution in [3.63, 3.8) is 0 Å². The van der Waals surface area contributed by atoms with Gasteiger partial charge in [-0.15, -0.1) is 0 Å². The molecule has 0 amide bonds. The van der Waals surface area contributed by atoms with E-state index in [1.165, 1.54) is 0 Å². The number of benzene rings is 1. The van der Waals surface area contributed by atoms with Gasteiger partial charge in [-0.2, -0.15) is 0 Å². The summed E-state index contributed by atoms with van der Waals surface area (Å²) in [4.78, 5) is 11.3. The van der Waals surface area contributed by atoms with Crippen molar-refractivity contribution in [1.29, 1.82) is 0 Å². The van der Waals surface area contributed by atoms with E-state index in [-0.39, 0.29) is 5.97 Å². The Morgan fingerprint density at radius 3 is 2.85 bits per heavy atom. The smallest absolute Gasteiger partial charge is 0.338 e. The lowest BCUT2D eigenvalue weighted by molar-refractivity contribution is 0.0525. The Hall–Kier alpha value is -1.02. The minimum atomic E-state index is -0.317. The maximum atomic E-state index is 11.3. The molecule has 0 saturated carbocycles. The Labute approximate surface area is 82.5 Å². The molecule has 0 aliphatic carbocycles. The van der Waals surface area contributed by atoms with Gasteiger partial charge in [0.25, 0.3) is 0 Å². The molecule has 0 saturated heterocycles. The number of hydrogen-bond donors (Lipinski definition) is 0. The molecule has 0 atom stereocenters. The second kappa shape index (κ2) is 4.28. The molecule has 13 heavy (non-hydrogen) atoms. The lowest BCUT2D eigenvalue weighted by atomic mass is 10.1. The molecule has 0 aromatic heterocycles. The van der Waals surface area contributed by atoms with Crippen LogP contribution in [0.3, 0.4) is 0 Å². The summed E-state index contributed by atoms with van der Waals surface area (Å²) < 4.78 is 4.87. The minimum Gasteiger partial charge on any atom is -0.462 e. The summed E-state index contributed by atoms with van der Waals surface area (Å²) in [5.41, 5.74) is 1.41. The lowest BCUT2D eigenvalue weighted by Gasteiger charge is -2.04. The van der Waals surface area contributed by atoms with Crippen LogP contribution in [0.1, 0.15) is 22.8 Å². The topological polar surface area (TPSA) is 26.3 Å². The first-order valence-corrected chi connectivity index (χ1v) is 4.46. The van der Waals surface area contributed by atoms with Crippen LogP contribution in [0.2, 0.25) is 5.02 Å². The zero-order valence-corrected chi connectivity index (χ0v) is 8.39. The van der Waals surface area contributed by atoms with Crippen LogP contribution in [-0.2, 0) is 4.74 Å². The van der Waals surface area contributed by atoms with Gasteiger partial charge in [0.2, 0.25) is 0 Å². The maximum Gasteiger partial charge on any atom is 0.338 e. The van der Waals surface area contributed by atoms with Gasteiger partial charge in [-0.3, -0.25) is 0 Å². The second-order valence-corrected chi connectivity index (χ2v) is 3.12. The zero-order chi connectivity index (χ0) is 9.84. The third kappa shape index (κ3) is 2.46. The average Bonchev–Trinajstić information content (AvgIpc) is 2.09. The van der Waals surface area contributed by atoms with Gasteiger partial charge in [-0.05, 0) is 31.5 Å². The minimum absolute atomic E-state index is 0.317. The van der Waals surface area contributed by atoms with Gasteiger partial charge in [0.15, 0.2) is 0 Å². The quantitative estimate of drug-likeness (QED) is 0.684. The van der Waals surface area contributed by atoms with Crippen molar-refractivity contribution in [2.24, 2.45) is 0 Å². The van der Waals surface area contributed by atoms with Gasteiger partial charge in [0.05, 0.1) is 12.2 Å². The molecule has 0 fully saturated rings. The Balaban J connectivity index is 2.99. The predicted molar refractivity (Wildman–Crippen MR) is 52.1 cm³/mol. The van der Waals surface area contributed by atoms with E-state index in [4.69, 9.17) is 16.3 Å². The number of hydrogen-bond acceptors (Lipinski definition) is 2. The van der Waals surface area contributed by atoms with Crippen LogP contribution in [0.15, 0.2) is 18.2 Å². The first-order valence-electron chi connectivity index (χ1n) is 4.08. The third-order valence-corrected chi connectivity index (χ3v) is 1.93. The van der Waals surface area contributed by atoms with E-state index in [0.29, 0.717) is 17.2 Å². The normalized spacial score (nSPS) is 9.77. The van der Waals surface area contributed by atoms with Crippen molar-refractivity contribution < 1.29 is 9.53 Å². The summed E-state index contributed by atoms with van der Waals surface area (Å²) in [6, 6.07) is 5.17. The highest BCUT2D eigenvalue weighted by atomic mass is 35.5. The highest BCUT2D eigenvalue weighted by Gasteiger charge is 2.09. The van der Waals surface area contributed by atoms with Gasteiger partial charge in [-0.25, -0.2) is 4.79 Å². The lowest BCUT2D eigenvalue weighted by Crippen LogP contribution is -2.06. The van der Waals surface area contributed by atoms with Gasteiger partial charge >= 0.3 is 5.97 Å². The summed E-state index contributed by atoms with van der Waals surface area (Å²) in [6.45, 7) is 4.01. The first kappa shape index (κ1) is 10.1. The fourth-order valence-electron chi connectivity index (χ4n) is 1.02. The summed E-state index contributed by atoms with van der Waals surface area (Å²) in [6.07, 6.45) is 0. The molecule has 3 heteroatoms. The number of carbonyl (C=O) groups is 1. The molecule has 1 aromatic carbocycles. The molecule has 1 aromatic rings. The molecule has 0 aliphatic rings. The molecule has 2 nitrogen and oxygen atoms in total. The van der Waals surface area contributed by atoms with E-state index in [1.54, 1.807) is 25.1 Å². The van der Waals surface area contributed by atoms with Crippen molar-refractivity contribution in [2.45, 2.75) is 13.8 Å². The van der Waals surface area contributed by atoms with Crippen molar-refractivity contribution >= 4 is 17.6 Å². The van der Waals surface area contributed by atoms with Crippen LogP contribution in [0.25, 0.3) is 0 Å². The Morgan fingerprint density at radius 1 is 1.54 bits per heavy atom. The second-order valence-electron chi connectivity index (χ2n) is 2.68. The number of esters is 1. The molecule has 0 heterocycles. The van der Waals surface area contributed by atoms with Crippen LogP contribution in [0.4, 0.5) is 0 Å². The number of ether oxygens (including phenoxy) is 1.